The SMILES string of the molecule is CCC(F)(F)Cn1ccc2c(Nc3c(Cl)cccc3Cl)nccc21. The van der Waals surface area contributed by atoms with Crippen molar-refractivity contribution in [3.05, 3.63) is 52.8 Å². The van der Waals surface area contributed by atoms with Crippen molar-refractivity contribution in [1.29, 1.82) is 0 Å². The van der Waals surface area contributed by atoms with Gasteiger partial charge in [-0.3, -0.25) is 0 Å². The zero-order valence-corrected chi connectivity index (χ0v) is 14.4. The van der Waals surface area contributed by atoms with Crippen LogP contribution in [-0.2, 0) is 6.54 Å². The first-order chi connectivity index (χ1) is 11.4. The average molecular weight is 370 g/mol. The molecule has 2 aromatic heterocycles. The number of nitrogens with zero attached hydrogens (tertiary/aromatic N) is 2. The molecule has 0 fully saturated rings. The Hall–Kier alpha value is -1.85. The number of rotatable bonds is 5. The fraction of sp³-hybridized carbons (Fsp3) is 0.235. The van der Waals surface area contributed by atoms with Gasteiger partial charge in [0.1, 0.15) is 5.82 Å². The van der Waals surface area contributed by atoms with Crippen LogP contribution in [0.25, 0.3) is 10.9 Å². The van der Waals surface area contributed by atoms with Gasteiger partial charge in [0.15, 0.2) is 0 Å². The van der Waals surface area contributed by atoms with Crippen molar-refractivity contribution in [2.24, 2.45) is 0 Å². The molecular weight excluding hydrogens is 355 g/mol. The van der Waals surface area contributed by atoms with Gasteiger partial charge in [0.25, 0.3) is 5.92 Å². The monoisotopic (exact) mass is 369 g/mol. The minimum absolute atomic E-state index is 0.210. The molecule has 0 atom stereocenters. The highest BCUT2D eigenvalue weighted by Crippen LogP contribution is 2.34. The van der Waals surface area contributed by atoms with E-state index in [4.69, 9.17) is 23.2 Å². The van der Waals surface area contributed by atoms with Gasteiger partial charge in [-0.1, -0.05) is 36.2 Å². The van der Waals surface area contributed by atoms with Crippen LogP contribution in [-0.4, -0.2) is 15.5 Å². The molecule has 3 nitrogen and oxygen atoms in total. The van der Waals surface area contributed by atoms with Crippen LogP contribution in [0, 0.1) is 0 Å². The summed E-state index contributed by atoms with van der Waals surface area (Å²) in [6.45, 7) is 1.10. The highest BCUT2D eigenvalue weighted by molar-refractivity contribution is 6.39. The standard InChI is InChI=1S/C17H15Cl2F2N3/c1-2-17(20,21)10-24-9-7-11-14(24)6-8-22-16(11)23-15-12(18)4-3-5-13(15)19/h3-9H,2,10H2,1H3,(H,22,23). The van der Waals surface area contributed by atoms with Gasteiger partial charge >= 0.3 is 0 Å². The molecule has 24 heavy (non-hydrogen) atoms. The lowest BCUT2D eigenvalue weighted by atomic mass is 10.2. The molecule has 0 unspecified atom stereocenters. The molecule has 0 spiro atoms. The Balaban J connectivity index is 2.00. The Bertz CT molecular complexity index is 857. The molecule has 2 heterocycles. The van der Waals surface area contributed by atoms with E-state index < -0.39 is 5.92 Å². The van der Waals surface area contributed by atoms with Crippen LogP contribution >= 0.6 is 23.2 Å². The number of pyridine rings is 1. The second-order valence-corrected chi connectivity index (χ2v) is 6.28. The van der Waals surface area contributed by atoms with Gasteiger partial charge in [-0.25, -0.2) is 13.8 Å². The van der Waals surface area contributed by atoms with E-state index in [0.717, 1.165) is 5.39 Å². The van der Waals surface area contributed by atoms with Crippen LogP contribution in [0.15, 0.2) is 42.7 Å². The first-order valence-electron chi connectivity index (χ1n) is 7.44. The normalized spacial score (nSPS) is 11.9. The molecule has 0 bridgehead atoms. The Morgan fingerprint density at radius 3 is 2.54 bits per heavy atom. The van der Waals surface area contributed by atoms with Gasteiger partial charge in [-0.05, 0) is 24.3 Å². The number of aromatic nitrogens is 2. The van der Waals surface area contributed by atoms with E-state index in [1.54, 1.807) is 42.7 Å². The lowest BCUT2D eigenvalue weighted by Gasteiger charge is -2.16. The number of anilines is 2. The van der Waals surface area contributed by atoms with E-state index in [1.807, 2.05) is 0 Å². The number of alkyl halides is 2. The van der Waals surface area contributed by atoms with Gasteiger partial charge in [-0.15, -0.1) is 0 Å². The number of fused-ring (bicyclic) bond motifs is 1. The lowest BCUT2D eigenvalue weighted by molar-refractivity contribution is -0.0187. The predicted octanol–water partition coefficient (Wildman–Crippen LogP) is 6.13. The van der Waals surface area contributed by atoms with Gasteiger partial charge in [0.05, 0.1) is 27.8 Å². The number of hydrogen-bond donors (Lipinski definition) is 1. The minimum Gasteiger partial charge on any atom is -0.341 e. The first-order valence-corrected chi connectivity index (χ1v) is 8.19. The maximum absolute atomic E-state index is 13.7. The third-order valence-electron chi connectivity index (χ3n) is 3.82. The highest BCUT2D eigenvalue weighted by atomic mass is 35.5. The third kappa shape index (κ3) is 3.32. The summed E-state index contributed by atoms with van der Waals surface area (Å²) < 4.78 is 28.9. The number of benzene rings is 1. The Morgan fingerprint density at radius 2 is 1.88 bits per heavy atom. The molecule has 0 amide bonds. The van der Waals surface area contributed by atoms with Gasteiger partial charge < -0.3 is 9.88 Å². The molecule has 7 heteroatoms. The maximum Gasteiger partial charge on any atom is 0.265 e. The second-order valence-electron chi connectivity index (χ2n) is 5.47. The largest absolute Gasteiger partial charge is 0.341 e. The molecule has 3 rings (SSSR count). The van der Waals surface area contributed by atoms with Gasteiger partial charge in [0, 0.05) is 24.2 Å². The van der Waals surface area contributed by atoms with Crippen molar-refractivity contribution in [3.63, 3.8) is 0 Å². The summed E-state index contributed by atoms with van der Waals surface area (Å²) >= 11 is 12.3. The molecule has 0 aliphatic heterocycles. The van der Waals surface area contributed by atoms with Crippen molar-refractivity contribution in [2.45, 2.75) is 25.8 Å². The van der Waals surface area contributed by atoms with E-state index >= 15 is 0 Å². The van der Waals surface area contributed by atoms with E-state index in [0.29, 0.717) is 27.1 Å². The molecule has 1 aromatic carbocycles. The summed E-state index contributed by atoms with van der Waals surface area (Å²) in [6, 6.07) is 8.63. The number of para-hydroxylation sites is 1. The highest BCUT2D eigenvalue weighted by Gasteiger charge is 2.27. The van der Waals surface area contributed by atoms with E-state index in [2.05, 4.69) is 10.3 Å². The summed E-state index contributed by atoms with van der Waals surface area (Å²) in [5.41, 5.74) is 1.20. The molecule has 126 valence electrons. The Morgan fingerprint density at radius 1 is 1.17 bits per heavy atom. The summed E-state index contributed by atoms with van der Waals surface area (Å²) in [6.07, 6.45) is 2.99. The van der Waals surface area contributed by atoms with E-state index in [-0.39, 0.29) is 13.0 Å². The second kappa shape index (κ2) is 6.57. The summed E-state index contributed by atoms with van der Waals surface area (Å²) in [5.74, 6) is -2.24. The Labute approximate surface area is 148 Å². The number of hydrogen-bond acceptors (Lipinski definition) is 2. The number of nitrogens with one attached hydrogen (secondary N) is 1. The molecule has 0 aliphatic carbocycles. The molecular formula is C17H15Cl2F2N3. The smallest absolute Gasteiger partial charge is 0.265 e. The zero-order chi connectivity index (χ0) is 17.3. The van der Waals surface area contributed by atoms with Crippen LogP contribution in [0.3, 0.4) is 0 Å². The zero-order valence-electron chi connectivity index (χ0n) is 12.9. The van der Waals surface area contributed by atoms with E-state index in [9.17, 15) is 8.78 Å². The number of halogens is 4. The van der Waals surface area contributed by atoms with Crippen LogP contribution in [0.1, 0.15) is 13.3 Å². The lowest BCUT2D eigenvalue weighted by Crippen LogP contribution is -2.22. The van der Waals surface area contributed by atoms with Crippen LogP contribution in [0.2, 0.25) is 10.0 Å². The van der Waals surface area contributed by atoms with Crippen molar-refractivity contribution < 1.29 is 8.78 Å². The first kappa shape index (κ1) is 17.0. The van der Waals surface area contributed by atoms with Gasteiger partial charge in [-0.2, -0.15) is 0 Å². The molecule has 0 saturated carbocycles. The summed E-state index contributed by atoms with van der Waals surface area (Å²) in [5, 5.41) is 4.73. The summed E-state index contributed by atoms with van der Waals surface area (Å²) in [7, 11) is 0. The van der Waals surface area contributed by atoms with Crippen molar-refractivity contribution >= 4 is 45.6 Å². The average Bonchev–Trinajstić information content (AvgIpc) is 2.94. The fourth-order valence-corrected chi connectivity index (χ4v) is 2.95. The van der Waals surface area contributed by atoms with E-state index in [1.165, 1.54) is 11.5 Å². The maximum atomic E-state index is 13.7. The quantitative estimate of drug-likeness (QED) is 0.585. The van der Waals surface area contributed by atoms with Crippen LogP contribution in [0.4, 0.5) is 20.3 Å². The molecule has 0 aliphatic rings. The van der Waals surface area contributed by atoms with Crippen molar-refractivity contribution in [3.8, 4) is 0 Å². The molecule has 0 saturated heterocycles. The van der Waals surface area contributed by atoms with Crippen molar-refractivity contribution in [1.82, 2.24) is 9.55 Å². The van der Waals surface area contributed by atoms with Crippen molar-refractivity contribution in [2.75, 3.05) is 5.32 Å². The van der Waals surface area contributed by atoms with Crippen LogP contribution in [0.5, 0.6) is 0 Å². The Kier molecular flexibility index (Phi) is 4.65. The molecule has 3 aromatic rings. The van der Waals surface area contributed by atoms with Crippen LogP contribution < -0.4 is 5.32 Å². The topological polar surface area (TPSA) is 29.9 Å². The van der Waals surface area contributed by atoms with Gasteiger partial charge in [0.2, 0.25) is 0 Å². The molecule has 0 radical (unpaired) electrons. The minimum atomic E-state index is -2.76. The summed E-state index contributed by atoms with van der Waals surface area (Å²) in [4.78, 5) is 4.29. The third-order valence-corrected chi connectivity index (χ3v) is 4.45. The predicted molar refractivity (Wildman–Crippen MR) is 94.7 cm³/mol. The fourth-order valence-electron chi connectivity index (χ4n) is 2.46. The molecule has 1 N–H and O–H groups in total.